The van der Waals surface area contributed by atoms with E-state index in [1.807, 2.05) is 40.6 Å². The first-order chi connectivity index (χ1) is 14.9. The summed E-state index contributed by atoms with van der Waals surface area (Å²) < 4.78 is 14.5. The van der Waals surface area contributed by atoms with E-state index >= 15 is 0 Å². The summed E-state index contributed by atoms with van der Waals surface area (Å²) >= 11 is 1.58. The minimum absolute atomic E-state index is 0.103. The molecule has 1 aromatic carbocycles. The van der Waals surface area contributed by atoms with E-state index in [-0.39, 0.29) is 5.91 Å². The molecule has 2 aromatic heterocycles. The van der Waals surface area contributed by atoms with Crippen LogP contribution in [-0.2, 0) is 14.3 Å². The van der Waals surface area contributed by atoms with E-state index < -0.39 is 5.79 Å². The maximum Gasteiger partial charge on any atom is 0.242 e. The Balaban J connectivity index is 1.30. The second-order valence-electron chi connectivity index (χ2n) is 8.33. The minimum atomic E-state index is -0.463. The molecule has 8 nitrogen and oxygen atoms in total. The zero-order chi connectivity index (χ0) is 21.6. The molecule has 5 rings (SSSR count). The van der Waals surface area contributed by atoms with Crippen molar-refractivity contribution >= 4 is 32.7 Å². The third kappa shape index (κ3) is 3.81. The molecule has 1 amide bonds. The van der Waals surface area contributed by atoms with Crippen molar-refractivity contribution < 1.29 is 14.3 Å². The van der Waals surface area contributed by atoms with Gasteiger partial charge >= 0.3 is 0 Å². The molecule has 2 fully saturated rings. The first-order valence-corrected chi connectivity index (χ1v) is 11.5. The highest BCUT2D eigenvalue weighted by Gasteiger charge is 2.40. The van der Waals surface area contributed by atoms with Crippen LogP contribution in [0.2, 0.25) is 0 Å². The molecule has 0 atom stereocenters. The molecule has 0 bridgehead atoms. The molecule has 0 unspecified atom stereocenters. The average Bonchev–Trinajstić information content (AvgIpc) is 3.46. The van der Waals surface area contributed by atoms with E-state index in [0.717, 1.165) is 39.7 Å². The largest absolute Gasteiger partial charge is 0.347 e. The number of likely N-dealkylation sites (tertiary alicyclic amines) is 1. The number of rotatable bonds is 4. The van der Waals surface area contributed by atoms with Crippen molar-refractivity contribution in [3.8, 4) is 5.69 Å². The normalized spacial score (nSPS) is 18.2. The molecule has 2 aliphatic rings. The summed E-state index contributed by atoms with van der Waals surface area (Å²) in [5, 5.41) is 5.50. The summed E-state index contributed by atoms with van der Waals surface area (Å²) in [6.45, 7) is 6.97. The summed E-state index contributed by atoms with van der Waals surface area (Å²) in [7, 11) is 1.92. The van der Waals surface area contributed by atoms with Crippen molar-refractivity contribution in [2.45, 2.75) is 32.5 Å². The Bertz CT molecular complexity index is 1110. The van der Waals surface area contributed by atoms with Crippen LogP contribution in [-0.4, -0.2) is 71.3 Å². The van der Waals surface area contributed by atoms with Gasteiger partial charge in [0, 0.05) is 33.0 Å². The lowest BCUT2D eigenvalue weighted by Gasteiger charge is -2.38. The van der Waals surface area contributed by atoms with Crippen LogP contribution in [0.3, 0.4) is 0 Å². The van der Waals surface area contributed by atoms with Crippen LogP contribution in [0.15, 0.2) is 24.3 Å². The Morgan fingerprint density at radius 1 is 1.23 bits per heavy atom. The van der Waals surface area contributed by atoms with E-state index in [4.69, 9.17) is 14.5 Å². The Hall–Kier alpha value is -2.49. The Kier molecular flexibility index (Phi) is 5.19. The Morgan fingerprint density at radius 3 is 2.68 bits per heavy atom. The van der Waals surface area contributed by atoms with Gasteiger partial charge in [-0.2, -0.15) is 10.1 Å². The predicted octanol–water partition coefficient (Wildman–Crippen LogP) is 2.90. The maximum absolute atomic E-state index is 12.9. The number of anilines is 1. The smallest absolute Gasteiger partial charge is 0.242 e. The van der Waals surface area contributed by atoms with Gasteiger partial charge in [-0.3, -0.25) is 4.79 Å². The molecular formula is C22H27N5O3S. The average molecular weight is 442 g/mol. The summed E-state index contributed by atoms with van der Waals surface area (Å²) in [6.07, 6.45) is 1.46. The highest BCUT2D eigenvalue weighted by atomic mass is 32.1. The van der Waals surface area contributed by atoms with Crippen molar-refractivity contribution in [1.29, 1.82) is 0 Å². The molecule has 164 valence electrons. The first kappa shape index (κ1) is 20.4. The highest BCUT2D eigenvalue weighted by Crippen LogP contribution is 2.33. The highest BCUT2D eigenvalue weighted by molar-refractivity contribution is 7.22. The standard InChI is InChI=1S/C22H27N5O3S/c1-15-5-4-6-17(13-15)27-20-19(16(2)24-27)31-21(23-20)25(3)14-18(28)26-9-7-22(8-10-26)29-11-12-30-22/h4-6,13H,7-12,14H2,1-3H3. The fraction of sp³-hybridized carbons (Fsp3) is 0.500. The topological polar surface area (TPSA) is 72.7 Å². The number of piperidine rings is 1. The number of hydrogen-bond acceptors (Lipinski definition) is 7. The molecule has 3 aromatic rings. The van der Waals surface area contributed by atoms with Gasteiger partial charge in [0.25, 0.3) is 0 Å². The Labute approximate surface area is 185 Å². The fourth-order valence-electron chi connectivity index (χ4n) is 4.28. The number of amides is 1. The van der Waals surface area contributed by atoms with Gasteiger partial charge in [-0.1, -0.05) is 23.5 Å². The number of fused-ring (bicyclic) bond motifs is 1. The monoisotopic (exact) mass is 441 g/mol. The van der Waals surface area contributed by atoms with E-state index in [0.29, 0.717) is 32.8 Å². The number of nitrogens with zero attached hydrogens (tertiary/aromatic N) is 5. The third-order valence-electron chi connectivity index (χ3n) is 6.01. The van der Waals surface area contributed by atoms with Gasteiger partial charge in [-0.15, -0.1) is 0 Å². The second kappa shape index (κ2) is 7.89. The number of carbonyl (C=O) groups is 1. The lowest BCUT2D eigenvalue weighted by Crippen LogP contribution is -2.49. The van der Waals surface area contributed by atoms with Gasteiger partial charge < -0.3 is 19.3 Å². The van der Waals surface area contributed by atoms with Crippen LogP contribution >= 0.6 is 11.3 Å². The number of thiazole rings is 1. The molecule has 9 heteroatoms. The summed E-state index contributed by atoms with van der Waals surface area (Å²) in [6, 6.07) is 8.22. The van der Waals surface area contributed by atoms with Gasteiger partial charge in [0.2, 0.25) is 5.91 Å². The molecule has 2 saturated heterocycles. The predicted molar refractivity (Wildman–Crippen MR) is 120 cm³/mol. The number of aromatic nitrogens is 3. The second-order valence-corrected chi connectivity index (χ2v) is 9.31. The molecule has 31 heavy (non-hydrogen) atoms. The fourth-order valence-corrected chi connectivity index (χ4v) is 5.23. The number of hydrogen-bond donors (Lipinski definition) is 0. The zero-order valence-corrected chi connectivity index (χ0v) is 18.9. The van der Waals surface area contributed by atoms with Crippen LogP contribution in [0.4, 0.5) is 5.13 Å². The maximum atomic E-state index is 12.9. The van der Waals surface area contributed by atoms with Crippen LogP contribution < -0.4 is 4.90 Å². The number of benzene rings is 1. The number of carbonyl (C=O) groups excluding carboxylic acids is 1. The van der Waals surface area contributed by atoms with Crippen LogP contribution in [0.5, 0.6) is 0 Å². The van der Waals surface area contributed by atoms with E-state index in [9.17, 15) is 4.79 Å². The number of ether oxygens (including phenoxy) is 2. The SMILES string of the molecule is Cc1cccc(-n2nc(C)c3sc(N(C)CC(=O)N4CCC5(CC4)OCCO5)nc32)c1. The molecule has 0 N–H and O–H groups in total. The molecule has 2 aliphatic heterocycles. The van der Waals surface area contributed by atoms with Crippen LogP contribution in [0, 0.1) is 13.8 Å². The van der Waals surface area contributed by atoms with Gasteiger partial charge in [-0.25, -0.2) is 4.68 Å². The molecule has 0 saturated carbocycles. The lowest BCUT2D eigenvalue weighted by atomic mass is 10.0. The van der Waals surface area contributed by atoms with Gasteiger partial charge in [0.1, 0.15) is 0 Å². The summed E-state index contributed by atoms with van der Waals surface area (Å²) in [4.78, 5) is 21.6. The number of likely N-dealkylation sites (N-methyl/N-ethyl adjacent to an activating group) is 1. The third-order valence-corrected chi connectivity index (χ3v) is 7.28. The Morgan fingerprint density at radius 2 is 1.97 bits per heavy atom. The van der Waals surface area contributed by atoms with Crippen molar-refractivity contribution in [1.82, 2.24) is 19.7 Å². The number of aryl methyl sites for hydroxylation is 2. The quantitative estimate of drug-likeness (QED) is 0.620. The van der Waals surface area contributed by atoms with Crippen molar-refractivity contribution in [3.63, 3.8) is 0 Å². The van der Waals surface area contributed by atoms with E-state index in [1.54, 1.807) is 11.3 Å². The van der Waals surface area contributed by atoms with Crippen LogP contribution in [0.25, 0.3) is 16.0 Å². The van der Waals surface area contributed by atoms with Gasteiger partial charge in [0.05, 0.1) is 35.8 Å². The lowest BCUT2D eigenvalue weighted by molar-refractivity contribution is -0.187. The van der Waals surface area contributed by atoms with Crippen molar-refractivity contribution in [2.75, 3.05) is 44.8 Å². The zero-order valence-electron chi connectivity index (χ0n) is 18.1. The molecule has 0 radical (unpaired) electrons. The van der Waals surface area contributed by atoms with Crippen LogP contribution in [0.1, 0.15) is 24.1 Å². The van der Waals surface area contributed by atoms with E-state index in [1.165, 1.54) is 5.56 Å². The van der Waals surface area contributed by atoms with Crippen molar-refractivity contribution in [3.05, 3.63) is 35.5 Å². The molecule has 0 aliphatic carbocycles. The van der Waals surface area contributed by atoms with Gasteiger partial charge in [-0.05, 0) is 31.5 Å². The molecule has 4 heterocycles. The van der Waals surface area contributed by atoms with Crippen molar-refractivity contribution in [2.24, 2.45) is 0 Å². The first-order valence-electron chi connectivity index (χ1n) is 10.6. The van der Waals surface area contributed by atoms with E-state index in [2.05, 4.69) is 24.2 Å². The summed E-state index contributed by atoms with van der Waals surface area (Å²) in [5.74, 6) is -0.360. The van der Waals surface area contributed by atoms with Gasteiger partial charge in [0.15, 0.2) is 16.6 Å². The molecule has 1 spiro atoms. The summed E-state index contributed by atoms with van der Waals surface area (Å²) in [5.41, 5.74) is 3.94. The molecular weight excluding hydrogens is 414 g/mol. The minimum Gasteiger partial charge on any atom is -0.347 e.